The summed E-state index contributed by atoms with van der Waals surface area (Å²) in [6.45, 7) is 11.4. The van der Waals surface area contributed by atoms with Crippen molar-refractivity contribution in [2.75, 3.05) is 0 Å². The predicted molar refractivity (Wildman–Crippen MR) is 102 cm³/mol. The van der Waals surface area contributed by atoms with Crippen LogP contribution >= 0.6 is 0 Å². The molecule has 0 aliphatic heterocycles. The summed E-state index contributed by atoms with van der Waals surface area (Å²) in [7, 11) is 0. The van der Waals surface area contributed by atoms with E-state index in [1.807, 2.05) is 6.07 Å². The molecule has 1 unspecified atom stereocenters. The SMILES string of the molecule is CCCCCC(C)(C)c1ccc(CCCCC(C)CC)c(O)c1. The molecule has 1 rings (SSSR count). The minimum absolute atomic E-state index is 0.155. The van der Waals surface area contributed by atoms with Crippen molar-refractivity contribution in [3.05, 3.63) is 29.3 Å². The number of phenols is 1. The van der Waals surface area contributed by atoms with Gasteiger partial charge in [-0.05, 0) is 47.8 Å². The molecule has 23 heavy (non-hydrogen) atoms. The highest BCUT2D eigenvalue weighted by Gasteiger charge is 2.21. The van der Waals surface area contributed by atoms with Crippen LogP contribution in [0.15, 0.2) is 18.2 Å². The molecule has 132 valence electrons. The number of aryl methyl sites for hydroxylation is 1. The lowest BCUT2D eigenvalue weighted by molar-refractivity contribution is 0.436. The van der Waals surface area contributed by atoms with Crippen LogP contribution in [0.5, 0.6) is 5.75 Å². The third-order valence-electron chi connectivity index (χ3n) is 5.36. The smallest absolute Gasteiger partial charge is 0.119 e. The van der Waals surface area contributed by atoms with Gasteiger partial charge in [-0.25, -0.2) is 0 Å². The highest BCUT2D eigenvalue weighted by Crippen LogP contribution is 2.33. The molecule has 1 atom stereocenters. The van der Waals surface area contributed by atoms with Crippen molar-refractivity contribution in [2.24, 2.45) is 5.92 Å². The maximum absolute atomic E-state index is 10.4. The van der Waals surface area contributed by atoms with Gasteiger partial charge >= 0.3 is 0 Å². The van der Waals surface area contributed by atoms with Crippen molar-refractivity contribution in [1.82, 2.24) is 0 Å². The lowest BCUT2D eigenvalue weighted by atomic mass is 9.79. The molecule has 1 heteroatoms. The molecule has 0 bridgehead atoms. The first kappa shape index (κ1) is 20.1. The second-order valence-electron chi connectivity index (χ2n) is 7.94. The normalized spacial score (nSPS) is 13.3. The molecule has 0 amide bonds. The minimum atomic E-state index is 0.155. The first-order valence-corrected chi connectivity index (χ1v) is 9.73. The Morgan fingerprint density at radius 2 is 1.78 bits per heavy atom. The van der Waals surface area contributed by atoms with Gasteiger partial charge < -0.3 is 5.11 Å². The Bertz CT molecular complexity index is 447. The molecule has 1 nitrogen and oxygen atoms in total. The van der Waals surface area contributed by atoms with Crippen LogP contribution in [0.25, 0.3) is 0 Å². The van der Waals surface area contributed by atoms with Crippen molar-refractivity contribution >= 4 is 0 Å². The van der Waals surface area contributed by atoms with Crippen molar-refractivity contribution in [3.8, 4) is 5.75 Å². The van der Waals surface area contributed by atoms with Gasteiger partial charge in [0.05, 0.1) is 0 Å². The van der Waals surface area contributed by atoms with Gasteiger partial charge in [-0.15, -0.1) is 0 Å². The first-order chi connectivity index (χ1) is 10.9. The maximum atomic E-state index is 10.4. The van der Waals surface area contributed by atoms with E-state index < -0.39 is 0 Å². The second-order valence-corrected chi connectivity index (χ2v) is 7.94. The van der Waals surface area contributed by atoms with Gasteiger partial charge in [0.15, 0.2) is 0 Å². The average Bonchev–Trinajstić information content (AvgIpc) is 2.52. The fraction of sp³-hybridized carbons (Fsp3) is 0.727. The fourth-order valence-electron chi connectivity index (χ4n) is 3.17. The van der Waals surface area contributed by atoms with E-state index >= 15 is 0 Å². The summed E-state index contributed by atoms with van der Waals surface area (Å²) < 4.78 is 0. The number of aromatic hydroxyl groups is 1. The molecular formula is C22H38O. The monoisotopic (exact) mass is 318 g/mol. The average molecular weight is 319 g/mol. The Labute approximate surface area is 144 Å². The highest BCUT2D eigenvalue weighted by atomic mass is 16.3. The molecule has 0 aliphatic rings. The summed E-state index contributed by atoms with van der Waals surface area (Å²) in [6.07, 6.45) is 11.0. The Morgan fingerprint density at radius 1 is 1.04 bits per heavy atom. The Morgan fingerprint density at radius 3 is 2.39 bits per heavy atom. The van der Waals surface area contributed by atoms with Gasteiger partial charge in [0.1, 0.15) is 5.75 Å². The molecule has 0 saturated carbocycles. The van der Waals surface area contributed by atoms with E-state index in [0.717, 1.165) is 17.9 Å². The zero-order chi connectivity index (χ0) is 17.3. The van der Waals surface area contributed by atoms with Crippen LogP contribution in [0.4, 0.5) is 0 Å². The molecular weight excluding hydrogens is 280 g/mol. The third-order valence-corrected chi connectivity index (χ3v) is 5.36. The van der Waals surface area contributed by atoms with E-state index in [0.29, 0.717) is 5.75 Å². The largest absolute Gasteiger partial charge is 0.508 e. The molecule has 0 spiro atoms. The van der Waals surface area contributed by atoms with Gasteiger partial charge in [0.2, 0.25) is 0 Å². The van der Waals surface area contributed by atoms with E-state index in [4.69, 9.17) is 0 Å². The summed E-state index contributed by atoms with van der Waals surface area (Å²) in [5.41, 5.74) is 2.54. The summed E-state index contributed by atoms with van der Waals surface area (Å²) >= 11 is 0. The number of hydrogen-bond donors (Lipinski definition) is 1. The Kier molecular flexibility index (Phi) is 8.73. The van der Waals surface area contributed by atoms with Gasteiger partial charge in [-0.2, -0.15) is 0 Å². The summed E-state index contributed by atoms with van der Waals surface area (Å²) in [5, 5.41) is 10.4. The third kappa shape index (κ3) is 6.97. The number of unbranched alkanes of at least 4 members (excludes halogenated alkanes) is 3. The maximum Gasteiger partial charge on any atom is 0.119 e. The lowest BCUT2D eigenvalue weighted by Crippen LogP contribution is -2.17. The van der Waals surface area contributed by atoms with Gasteiger partial charge in [-0.3, -0.25) is 0 Å². The van der Waals surface area contributed by atoms with Crippen LogP contribution in [0.3, 0.4) is 0 Å². The van der Waals surface area contributed by atoms with Crippen molar-refractivity contribution in [3.63, 3.8) is 0 Å². The van der Waals surface area contributed by atoms with Crippen LogP contribution in [0.2, 0.25) is 0 Å². The Balaban J connectivity index is 2.56. The number of phenolic OH excluding ortho intramolecular Hbond substituents is 1. The highest BCUT2D eigenvalue weighted by molar-refractivity contribution is 5.39. The number of benzene rings is 1. The van der Waals surface area contributed by atoms with E-state index in [1.54, 1.807) is 0 Å². The second kappa shape index (κ2) is 10.0. The zero-order valence-corrected chi connectivity index (χ0v) is 16.1. The van der Waals surface area contributed by atoms with Gasteiger partial charge in [0, 0.05) is 0 Å². The quantitative estimate of drug-likeness (QED) is 0.435. The van der Waals surface area contributed by atoms with E-state index in [9.17, 15) is 5.11 Å². The molecule has 0 fully saturated rings. The van der Waals surface area contributed by atoms with Gasteiger partial charge in [0.25, 0.3) is 0 Å². The van der Waals surface area contributed by atoms with Crippen LogP contribution in [-0.4, -0.2) is 5.11 Å². The molecule has 0 heterocycles. The van der Waals surface area contributed by atoms with Crippen LogP contribution in [-0.2, 0) is 11.8 Å². The van der Waals surface area contributed by atoms with Crippen LogP contribution in [0, 0.1) is 5.92 Å². The molecule has 1 N–H and O–H groups in total. The molecule has 0 radical (unpaired) electrons. The molecule has 1 aromatic rings. The molecule has 0 aromatic heterocycles. The van der Waals surface area contributed by atoms with E-state index in [1.165, 1.54) is 56.9 Å². The van der Waals surface area contributed by atoms with Crippen molar-refractivity contribution in [2.45, 2.75) is 97.8 Å². The zero-order valence-electron chi connectivity index (χ0n) is 16.1. The Hall–Kier alpha value is -0.980. The van der Waals surface area contributed by atoms with Crippen molar-refractivity contribution < 1.29 is 5.11 Å². The lowest BCUT2D eigenvalue weighted by Gasteiger charge is -2.26. The van der Waals surface area contributed by atoms with Crippen molar-refractivity contribution in [1.29, 1.82) is 0 Å². The van der Waals surface area contributed by atoms with Gasteiger partial charge in [-0.1, -0.05) is 85.3 Å². The summed E-state index contributed by atoms with van der Waals surface area (Å²) in [4.78, 5) is 0. The van der Waals surface area contributed by atoms with Crippen LogP contribution in [0.1, 0.15) is 97.1 Å². The van der Waals surface area contributed by atoms with Crippen LogP contribution < -0.4 is 0 Å². The fourth-order valence-corrected chi connectivity index (χ4v) is 3.17. The summed E-state index contributed by atoms with van der Waals surface area (Å²) in [6, 6.07) is 6.39. The first-order valence-electron chi connectivity index (χ1n) is 9.73. The van der Waals surface area contributed by atoms with E-state index in [-0.39, 0.29) is 5.41 Å². The number of rotatable bonds is 11. The summed E-state index contributed by atoms with van der Waals surface area (Å²) in [5.74, 6) is 1.32. The molecule has 0 aliphatic carbocycles. The topological polar surface area (TPSA) is 20.2 Å². The standard InChI is InChI=1S/C22H38O/c1-6-8-11-16-22(4,5)20-15-14-19(21(23)17-20)13-10-9-12-18(3)7-2/h14-15,17-18,23H,6-13,16H2,1-5H3. The minimum Gasteiger partial charge on any atom is -0.508 e. The predicted octanol–water partition coefficient (Wildman–Crippen LogP) is 7.01. The number of hydrogen-bond acceptors (Lipinski definition) is 1. The van der Waals surface area contributed by atoms with E-state index in [2.05, 4.69) is 46.8 Å². The molecule has 1 aromatic carbocycles. The molecule has 0 saturated heterocycles.